The van der Waals surface area contributed by atoms with Crippen LogP contribution in [-0.4, -0.2) is 58.1 Å². The Hall–Kier alpha value is -2.27. The number of nitrogens with zero attached hydrogens (tertiary/aromatic N) is 4. The first-order chi connectivity index (χ1) is 13.7. The van der Waals surface area contributed by atoms with Gasteiger partial charge in [-0.15, -0.1) is 5.10 Å². The highest BCUT2D eigenvalue weighted by Gasteiger charge is 2.46. The molecule has 1 saturated carbocycles. The molecule has 1 atom stereocenters. The van der Waals surface area contributed by atoms with Crippen molar-refractivity contribution in [2.75, 3.05) is 26.2 Å². The van der Waals surface area contributed by atoms with Crippen LogP contribution in [-0.2, 0) is 0 Å². The van der Waals surface area contributed by atoms with E-state index in [1.54, 1.807) is 18.3 Å². The van der Waals surface area contributed by atoms with Crippen LogP contribution < -0.4 is 0 Å². The largest absolute Gasteiger partial charge is 0.337 e. The van der Waals surface area contributed by atoms with Crippen LogP contribution in [0.1, 0.15) is 54.1 Å². The number of rotatable bonds is 3. The fraction of sp³-hybridized carbons (Fsp3) is 0.522. The zero-order chi connectivity index (χ0) is 19.0. The molecule has 0 bridgehead atoms. The fourth-order valence-electron chi connectivity index (χ4n) is 5.22. The SMILES string of the molecule is O=C(c1cccnn1)N1CCC2(CC1)C[C@@H](c1ccccc1)CN(C1CC1)C2. The molecule has 146 valence electrons. The average molecular weight is 377 g/mol. The van der Waals surface area contributed by atoms with Crippen molar-refractivity contribution in [2.45, 2.75) is 44.1 Å². The molecule has 3 fully saturated rings. The number of carbonyl (C=O) groups excluding carboxylic acids is 1. The lowest BCUT2D eigenvalue weighted by atomic mass is 9.68. The van der Waals surface area contributed by atoms with Gasteiger partial charge in [-0.2, -0.15) is 5.10 Å². The van der Waals surface area contributed by atoms with Crippen molar-refractivity contribution in [3.8, 4) is 0 Å². The van der Waals surface area contributed by atoms with Gasteiger partial charge in [0.25, 0.3) is 5.91 Å². The van der Waals surface area contributed by atoms with Gasteiger partial charge >= 0.3 is 0 Å². The molecule has 0 N–H and O–H groups in total. The molecule has 5 nitrogen and oxygen atoms in total. The molecular weight excluding hydrogens is 348 g/mol. The van der Waals surface area contributed by atoms with E-state index in [0.29, 0.717) is 17.0 Å². The Bertz CT molecular complexity index is 813. The van der Waals surface area contributed by atoms with E-state index in [9.17, 15) is 4.79 Å². The highest BCUT2D eigenvalue weighted by atomic mass is 16.2. The van der Waals surface area contributed by atoms with Crippen LogP contribution in [0.4, 0.5) is 0 Å². The summed E-state index contributed by atoms with van der Waals surface area (Å²) in [4.78, 5) is 17.5. The van der Waals surface area contributed by atoms with E-state index in [0.717, 1.165) is 32.0 Å². The number of amides is 1. The van der Waals surface area contributed by atoms with E-state index >= 15 is 0 Å². The molecule has 2 saturated heterocycles. The van der Waals surface area contributed by atoms with Gasteiger partial charge in [-0.1, -0.05) is 30.3 Å². The molecule has 1 aromatic heterocycles. The lowest BCUT2D eigenvalue weighted by molar-refractivity contribution is 0.0109. The van der Waals surface area contributed by atoms with Crippen LogP contribution >= 0.6 is 0 Å². The van der Waals surface area contributed by atoms with Crippen LogP contribution in [0.2, 0.25) is 0 Å². The molecule has 1 aliphatic carbocycles. The van der Waals surface area contributed by atoms with Crippen molar-refractivity contribution in [3.05, 3.63) is 59.9 Å². The van der Waals surface area contributed by atoms with Gasteiger partial charge in [-0.25, -0.2) is 0 Å². The summed E-state index contributed by atoms with van der Waals surface area (Å²) in [5, 5.41) is 7.86. The van der Waals surface area contributed by atoms with E-state index in [4.69, 9.17) is 0 Å². The zero-order valence-corrected chi connectivity index (χ0v) is 16.3. The molecule has 5 rings (SSSR count). The van der Waals surface area contributed by atoms with Crippen molar-refractivity contribution >= 4 is 5.91 Å². The van der Waals surface area contributed by atoms with Crippen LogP contribution in [0.3, 0.4) is 0 Å². The Morgan fingerprint density at radius 1 is 1.04 bits per heavy atom. The van der Waals surface area contributed by atoms with Crippen molar-refractivity contribution in [2.24, 2.45) is 5.41 Å². The Balaban J connectivity index is 1.31. The van der Waals surface area contributed by atoms with E-state index in [1.165, 1.54) is 37.9 Å². The van der Waals surface area contributed by atoms with Gasteiger partial charge in [0.15, 0.2) is 5.69 Å². The predicted octanol–water partition coefficient (Wildman–Crippen LogP) is 3.35. The summed E-state index contributed by atoms with van der Waals surface area (Å²) in [7, 11) is 0. The van der Waals surface area contributed by atoms with E-state index in [1.807, 2.05) is 4.90 Å². The van der Waals surface area contributed by atoms with Crippen LogP contribution in [0, 0.1) is 5.41 Å². The third-order valence-corrected chi connectivity index (χ3v) is 6.91. The van der Waals surface area contributed by atoms with E-state index in [2.05, 4.69) is 45.4 Å². The van der Waals surface area contributed by atoms with Crippen LogP contribution in [0.25, 0.3) is 0 Å². The molecule has 0 unspecified atom stereocenters. The second-order valence-electron chi connectivity index (χ2n) is 8.87. The second kappa shape index (κ2) is 7.28. The molecule has 1 aromatic carbocycles. The molecule has 2 aromatic rings. The molecule has 3 heterocycles. The van der Waals surface area contributed by atoms with Crippen molar-refractivity contribution < 1.29 is 4.79 Å². The monoisotopic (exact) mass is 376 g/mol. The summed E-state index contributed by atoms with van der Waals surface area (Å²) in [5.74, 6) is 0.634. The van der Waals surface area contributed by atoms with Crippen molar-refractivity contribution in [1.29, 1.82) is 0 Å². The summed E-state index contributed by atoms with van der Waals surface area (Å²) in [6, 6.07) is 15.4. The minimum absolute atomic E-state index is 0.0254. The molecular formula is C23H28N4O. The third-order valence-electron chi connectivity index (χ3n) is 6.91. The molecule has 2 aliphatic heterocycles. The summed E-state index contributed by atoms with van der Waals surface area (Å²) in [5.41, 5.74) is 2.27. The molecule has 0 radical (unpaired) electrons. The maximum atomic E-state index is 12.8. The summed E-state index contributed by atoms with van der Waals surface area (Å²) >= 11 is 0. The lowest BCUT2D eigenvalue weighted by Gasteiger charge is -2.50. The summed E-state index contributed by atoms with van der Waals surface area (Å²) < 4.78 is 0. The van der Waals surface area contributed by atoms with Gasteiger partial charge in [0, 0.05) is 38.4 Å². The minimum atomic E-state index is 0.0254. The van der Waals surface area contributed by atoms with Crippen LogP contribution in [0.15, 0.2) is 48.7 Å². The number of hydrogen-bond donors (Lipinski definition) is 0. The first-order valence-corrected chi connectivity index (χ1v) is 10.6. The molecule has 5 heteroatoms. The number of carbonyl (C=O) groups is 1. The Morgan fingerprint density at radius 3 is 2.50 bits per heavy atom. The smallest absolute Gasteiger partial charge is 0.274 e. The summed E-state index contributed by atoms with van der Waals surface area (Å²) in [6.07, 6.45) is 7.74. The highest BCUT2D eigenvalue weighted by molar-refractivity contribution is 5.92. The first kappa shape index (κ1) is 17.8. The molecule has 28 heavy (non-hydrogen) atoms. The molecule has 1 spiro atoms. The standard InChI is InChI=1S/C23H28N4O/c28-22(21-7-4-12-24-25-21)26-13-10-23(11-14-26)15-19(18-5-2-1-3-6-18)16-27(17-23)20-8-9-20/h1-7,12,19-20H,8-11,13-17H2/t19-/m1/s1. The number of benzene rings is 1. The topological polar surface area (TPSA) is 49.3 Å². The Labute approximate surface area is 166 Å². The zero-order valence-electron chi connectivity index (χ0n) is 16.3. The lowest BCUT2D eigenvalue weighted by Crippen LogP contribution is -2.53. The summed E-state index contributed by atoms with van der Waals surface area (Å²) in [6.45, 7) is 4.05. The maximum absolute atomic E-state index is 12.8. The van der Waals surface area contributed by atoms with Gasteiger partial charge < -0.3 is 4.90 Å². The number of piperidine rings is 2. The fourth-order valence-corrected chi connectivity index (χ4v) is 5.22. The molecule has 3 aliphatic rings. The van der Waals surface area contributed by atoms with Gasteiger partial charge in [-0.3, -0.25) is 9.69 Å². The highest BCUT2D eigenvalue weighted by Crippen LogP contribution is 2.47. The van der Waals surface area contributed by atoms with Crippen molar-refractivity contribution in [3.63, 3.8) is 0 Å². The number of likely N-dealkylation sites (tertiary alicyclic amines) is 2. The Morgan fingerprint density at radius 2 is 1.82 bits per heavy atom. The van der Waals surface area contributed by atoms with Gasteiger partial charge in [-0.05, 0) is 61.1 Å². The number of aromatic nitrogens is 2. The van der Waals surface area contributed by atoms with E-state index in [-0.39, 0.29) is 5.91 Å². The van der Waals surface area contributed by atoms with Gasteiger partial charge in [0.05, 0.1) is 0 Å². The van der Waals surface area contributed by atoms with Gasteiger partial charge in [0.1, 0.15) is 0 Å². The quantitative estimate of drug-likeness (QED) is 0.824. The minimum Gasteiger partial charge on any atom is -0.337 e. The second-order valence-corrected chi connectivity index (χ2v) is 8.87. The number of hydrogen-bond acceptors (Lipinski definition) is 4. The van der Waals surface area contributed by atoms with Gasteiger partial charge in [0.2, 0.25) is 0 Å². The Kier molecular flexibility index (Phi) is 4.63. The normalized spacial score (nSPS) is 25.0. The van der Waals surface area contributed by atoms with Crippen LogP contribution in [0.5, 0.6) is 0 Å². The first-order valence-electron chi connectivity index (χ1n) is 10.6. The molecule has 1 amide bonds. The van der Waals surface area contributed by atoms with Crippen molar-refractivity contribution in [1.82, 2.24) is 20.0 Å². The predicted molar refractivity (Wildman–Crippen MR) is 108 cm³/mol. The van der Waals surface area contributed by atoms with E-state index < -0.39 is 0 Å². The average Bonchev–Trinajstić information content (AvgIpc) is 3.60. The third kappa shape index (κ3) is 3.55. The maximum Gasteiger partial charge on any atom is 0.274 e.